The highest BCUT2D eigenvalue weighted by molar-refractivity contribution is 5.73. The van der Waals surface area contributed by atoms with Crippen LogP contribution in [0.25, 0.3) is 0 Å². The fraction of sp³-hybridized carbons (Fsp3) is 0.500. The smallest absolute Gasteiger partial charge is 0.311 e. The molecule has 0 saturated heterocycles. The van der Waals surface area contributed by atoms with Gasteiger partial charge in [-0.3, -0.25) is 4.79 Å². The van der Waals surface area contributed by atoms with E-state index in [2.05, 4.69) is 0 Å². The Hall–Kier alpha value is -1.42. The van der Waals surface area contributed by atoms with Gasteiger partial charge >= 0.3 is 5.97 Å². The maximum Gasteiger partial charge on any atom is 0.311 e. The Bertz CT molecular complexity index is 418. The first-order chi connectivity index (χ1) is 8.51. The minimum atomic E-state index is -0.964. The molecule has 0 bridgehead atoms. The number of halogens is 1. The van der Waals surface area contributed by atoms with Gasteiger partial charge in [-0.1, -0.05) is 19.1 Å². The lowest BCUT2D eigenvalue weighted by Crippen LogP contribution is -2.24. The molecule has 1 N–H and O–H groups in total. The maximum absolute atomic E-state index is 13.2. The lowest BCUT2D eigenvalue weighted by Gasteiger charge is -2.20. The second kappa shape index (κ2) is 6.50. The van der Waals surface area contributed by atoms with Gasteiger partial charge in [0.2, 0.25) is 0 Å². The minimum Gasteiger partial charge on any atom is -0.466 e. The normalized spacial score (nSPS) is 14.1. The fourth-order valence-corrected chi connectivity index (χ4v) is 1.85. The largest absolute Gasteiger partial charge is 0.466 e. The molecule has 1 rings (SSSR count). The van der Waals surface area contributed by atoms with Gasteiger partial charge in [0, 0.05) is 0 Å². The molecule has 4 heteroatoms. The topological polar surface area (TPSA) is 46.5 Å². The van der Waals surface area contributed by atoms with E-state index < -0.39 is 18.0 Å². The molecule has 1 aromatic rings. The first kappa shape index (κ1) is 14.6. The second-order valence-electron chi connectivity index (χ2n) is 4.22. The zero-order valence-electron chi connectivity index (χ0n) is 10.9. The Balaban J connectivity index is 2.92. The summed E-state index contributed by atoms with van der Waals surface area (Å²) in [6.45, 7) is 5.43. The van der Waals surface area contributed by atoms with E-state index in [-0.39, 0.29) is 12.4 Å². The molecule has 0 aliphatic rings. The van der Waals surface area contributed by atoms with Gasteiger partial charge in [-0.15, -0.1) is 0 Å². The Labute approximate surface area is 107 Å². The van der Waals surface area contributed by atoms with E-state index in [1.165, 1.54) is 12.1 Å². The highest BCUT2D eigenvalue weighted by Gasteiger charge is 2.27. The quantitative estimate of drug-likeness (QED) is 0.822. The second-order valence-corrected chi connectivity index (χ2v) is 4.22. The molecule has 2 unspecified atom stereocenters. The summed E-state index contributed by atoms with van der Waals surface area (Å²) >= 11 is 0. The van der Waals surface area contributed by atoms with Crippen LogP contribution < -0.4 is 0 Å². The number of rotatable bonds is 5. The van der Waals surface area contributed by atoms with Crippen LogP contribution in [0.1, 0.15) is 37.5 Å². The van der Waals surface area contributed by atoms with Crippen molar-refractivity contribution in [3.8, 4) is 0 Å². The van der Waals surface area contributed by atoms with Crippen LogP contribution >= 0.6 is 0 Å². The van der Waals surface area contributed by atoms with E-state index >= 15 is 0 Å². The first-order valence-electron chi connectivity index (χ1n) is 6.12. The minimum absolute atomic E-state index is 0.282. The van der Waals surface area contributed by atoms with Crippen molar-refractivity contribution >= 4 is 5.97 Å². The van der Waals surface area contributed by atoms with Crippen LogP contribution in [-0.2, 0) is 9.53 Å². The summed E-state index contributed by atoms with van der Waals surface area (Å²) in [6, 6.07) is 4.35. The molecule has 3 nitrogen and oxygen atoms in total. The van der Waals surface area contributed by atoms with E-state index in [0.717, 1.165) is 0 Å². The highest BCUT2D eigenvalue weighted by Crippen LogP contribution is 2.27. The van der Waals surface area contributed by atoms with E-state index in [9.17, 15) is 14.3 Å². The van der Waals surface area contributed by atoms with Crippen LogP contribution in [0.5, 0.6) is 0 Å². The number of aliphatic hydroxyl groups excluding tert-OH is 1. The monoisotopic (exact) mass is 254 g/mol. The van der Waals surface area contributed by atoms with Crippen LogP contribution in [0.15, 0.2) is 18.2 Å². The van der Waals surface area contributed by atoms with Gasteiger partial charge in [0.25, 0.3) is 0 Å². The number of hydrogen-bond donors (Lipinski definition) is 1. The van der Waals surface area contributed by atoms with Crippen molar-refractivity contribution in [1.82, 2.24) is 0 Å². The van der Waals surface area contributed by atoms with Crippen LogP contribution in [-0.4, -0.2) is 17.7 Å². The van der Waals surface area contributed by atoms with Crippen molar-refractivity contribution in [3.63, 3.8) is 0 Å². The van der Waals surface area contributed by atoms with Crippen LogP contribution in [0.4, 0.5) is 4.39 Å². The predicted molar refractivity (Wildman–Crippen MR) is 66.5 cm³/mol. The van der Waals surface area contributed by atoms with E-state index in [0.29, 0.717) is 17.5 Å². The predicted octanol–water partition coefficient (Wildman–Crippen LogP) is 2.76. The van der Waals surface area contributed by atoms with Gasteiger partial charge in [0.05, 0.1) is 18.6 Å². The number of carbonyl (C=O) groups excluding carboxylic acids is 1. The summed E-state index contributed by atoms with van der Waals surface area (Å²) in [6.07, 6.45) is -0.496. The molecular formula is C14H19FO3. The Morgan fingerprint density at radius 3 is 2.61 bits per heavy atom. The molecule has 18 heavy (non-hydrogen) atoms. The van der Waals surface area contributed by atoms with E-state index in [1.807, 2.05) is 0 Å². The molecule has 0 fully saturated rings. The SMILES string of the molecule is CCOC(=O)C(CC)C(O)c1ccc(F)c(C)c1. The Kier molecular flexibility index (Phi) is 5.28. The molecule has 0 radical (unpaired) electrons. The zero-order valence-corrected chi connectivity index (χ0v) is 10.9. The van der Waals surface area contributed by atoms with Crippen molar-refractivity contribution in [3.05, 3.63) is 35.1 Å². The fourth-order valence-electron chi connectivity index (χ4n) is 1.85. The summed E-state index contributed by atoms with van der Waals surface area (Å²) < 4.78 is 18.1. The van der Waals surface area contributed by atoms with Crippen molar-refractivity contribution < 1.29 is 19.0 Å². The third kappa shape index (κ3) is 3.29. The van der Waals surface area contributed by atoms with Crippen molar-refractivity contribution in [2.24, 2.45) is 5.92 Å². The average molecular weight is 254 g/mol. The number of aliphatic hydroxyl groups is 1. The number of esters is 1. The number of benzene rings is 1. The summed E-state index contributed by atoms with van der Waals surface area (Å²) in [5, 5.41) is 10.2. The number of hydrogen-bond acceptors (Lipinski definition) is 3. The molecule has 0 heterocycles. The zero-order chi connectivity index (χ0) is 13.7. The molecule has 0 amide bonds. The lowest BCUT2D eigenvalue weighted by atomic mass is 9.92. The van der Waals surface area contributed by atoms with Gasteiger partial charge in [0.1, 0.15) is 5.82 Å². The van der Waals surface area contributed by atoms with Crippen LogP contribution in [0.2, 0.25) is 0 Å². The summed E-state index contributed by atoms with van der Waals surface area (Å²) in [4.78, 5) is 11.7. The first-order valence-corrected chi connectivity index (χ1v) is 6.12. The van der Waals surface area contributed by atoms with Gasteiger partial charge in [-0.05, 0) is 37.5 Å². The van der Waals surface area contributed by atoms with Crippen molar-refractivity contribution in [1.29, 1.82) is 0 Å². The number of aryl methyl sites for hydroxylation is 1. The third-order valence-corrected chi connectivity index (χ3v) is 2.93. The highest BCUT2D eigenvalue weighted by atomic mass is 19.1. The molecule has 0 aliphatic carbocycles. The standard InChI is InChI=1S/C14H19FO3/c1-4-11(14(17)18-5-2)13(16)10-6-7-12(15)9(3)8-10/h6-8,11,13,16H,4-5H2,1-3H3. The molecule has 1 aromatic carbocycles. The molecule has 0 spiro atoms. The molecule has 0 saturated carbocycles. The Morgan fingerprint density at radius 2 is 2.11 bits per heavy atom. The van der Waals surface area contributed by atoms with Crippen LogP contribution in [0.3, 0.4) is 0 Å². The van der Waals surface area contributed by atoms with E-state index in [4.69, 9.17) is 4.74 Å². The van der Waals surface area contributed by atoms with Gasteiger partial charge in [-0.2, -0.15) is 0 Å². The van der Waals surface area contributed by atoms with Gasteiger partial charge < -0.3 is 9.84 Å². The number of carbonyl (C=O) groups is 1. The van der Waals surface area contributed by atoms with Crippen molar-refractivity contribution in [2.45, 2.75) is 33.3 Å². The van der Waals surface area contributed by atoms with Gasteiger partial charge in [-0.25, -0.2) is 4.39 Å². The Morgan fingerprint density at radius 1 is 1.44 bits per heavy atom. The average Bonchev–Trinajstić information content (AvgIpc) is 2.33. The van der Waals surface area contributed by atoms with Gasteiger partial charge in [0.15, 0.2) is 0 Å². The molecule has 100 valence electrons. The number of ether oxygens (including phenoxy) is 1. The summed E-state index contributed by atoms with van der Waals surface area (Å²) in [5.74, 6) is -1.36. The summed E-state index contributed by atoms with van der Waals surface area (Å²) in [5.41, 5.74) is 0.985. The van der Waals surface area contributed by atoms with E-state index in [1.54, 1.807) is 26.8 Å². The third-order valence-electron chi connectivity index (χ3n) is 2.93. The summed E-state index contributed by atoms with van der Waals surface area (Å²) in [7, 11) is 0. The van der Waals surface area contributed by atoms with Crippen LogP contribution in [0, 0.1) is 18.7 Å². The lowest BCUT2D eigenvalue weighted by molar-refractivity contribution is -0.152. The molecule has 0 aromatic heterocycles. The van der Waals surface area contributed by atoms with Crippen molar-refractivity contribution in [2.75, 3.05) is 6.61 Å². The molecular weight excluding hydrogens is 235 g/mol. The molecule has 0 aliphatic heterocycles. The maximum atomic E-state index is 13.2. The molecule has 2 atom stereocenters.